The van der Waals surface area contributed by atoms with Gasteiger partial charge in [0.25, 0.3) is 5.91 Å². The largest absolute Gasteiger partial charge is 0.478 e. The second kappa shape index (κ2) is 7.90. The Balaban J connectivity index is 1.62. The summed E-state index contributed by atoms with van der Waals surface area (Å²) in [6.45, 7) is 2.30. The van der Waals surface area contributed by atoms with Crippen LogP contribution in [0.3, 0.4) is 0 Å². The molecule has 1 unspecified atom stereocenters. The lowest BCUT2D eigenvalue weighted by molar-refractivity contribution is 0.0527. The lowest BCUT2D eigenvalue weighted by Crippen LogP contribution is -2.38. The third-order valence-electron chi connectivity index (χ3n) is 5.09. The van der Waals surface area contributed by atoms with Gasteiger partial charge in [0.05, 0.1) is 0 Å². The topological polar surface area (TPSA) is 110 Å². The average molecular weight is 395 g/mol. The monoisotopic (exact) mass is 395 g/mol. The maximum atomic E-state index is 13.1. The molecule has 0 radical (unpaired) electrons. The molecule has 1 aliphatic heterocycles. The minimum Gasteiger partial charge on any atom is -0.478 e. The number of aryl methyl sites for hydroxylation is 1. The molecule has 1 saturated heterocycles. The Kier molecular flexibility index (Phi) is 5.16. The maximum absolute atomic E-state index is 13.1. The van der Waals surface area contributed by atoms with Gasteiger partial charge in [0.15, 0.2) is 5.76 Å². The molecule has 150 valence electrons. The van der Waals surface area contributed by atoms with Crippen molar-refractivity contribution in [1.29, 1.82) is 0 Å². The summed E-state index contributed by atoms with van der Waals surface area (Å²) in [5.74, 6) is -0.316. The van der Waals surface area contributed by atoms with E-state index in [0.29, 0.717) is 36.9 Å². The van der Waals surface area contributed by atoms with Crippen LogP contribution < -0.4 is 0 Å². The van der Waals surface area contributed by atoms with Crippen LogP contribution in [-0.2, 0) is 6.42 Å². The summed E-state index contributed by atoms with van der Waals surface area (Å²) in [6.07, 6.45) is 2.85. The van der Waals surface area contributed by atoms with Gasteiger partial charge in [0, 0.05) is 24.6 Å². The molecule has 1 amide bonds. The van der Waals surface area contributed by atoms with Crippen LogP contribution in [0.1, 0.15) is 64.8 Å². The van der Waals surface area contributed by atoms with Crippen LogP contribution in [0.4, 0.5) is 0 Å². The standard InChI is InChI=1S/C21H21N3O5/c1-2-16-14(21(26)27)12-17(28-16)20(25)24-11-7-6-10-15(24)19-22-18(23-29-19)13-8-4-3-5-9-13/h3-5,8-9,12,15H,2,6-7,10-11H2,1H3,(H,26,27). The highest BCUT2D eigenvalue weighted by atomic mass is 16.5. The van der Waals surface area contributed by atoms with E-state index in [1.54, 1.807) is 11.8 Å². The van der Waals surface area contributed by atoms with Crippen LogP contribution in [0.25, 0.3) is 11.4 Å². The first-order valence-electron chi connectivity index (χ1n) is 9.64. The molecule has 1 atom stereocenters. The highest BCUT2D eigenvalue weighted by Crippen LogP contribution is 2.33. The zero-order valence-electron chi connectivity index (χ0n) is 16.0. The van der Waals surface area contributed by atoms with E-state index in [4.69, 9.17) is 8.94 Å². The predicted octanol–water partition coefficient (Wildman–Crippen LogP) is 3.96. The van der Waals surface area contributed by atoms with Gasteiger partial charge in [-0.05, 0) is 19.3 Å². The highest BCUT2D eigenvalue weighted by Gasteiger charge is 2.35. The van der Waals surface area contributed by atoms with E-state index < -0.39 is 5.97 Å². The maximum Gasteiger partial charge on any atom is 0.339 e. The number of hydrogen-bond donors (Lipinski definition) is 1. The van der Waals surface area contributed by atoms with Gasteiger partial charge >= 0.3 is 5.97 Å². The SMILES string of the molecule is CCc1oc(C(=O)N2CCCCC2c2nc(-c3ccccc3)no2)cc1C(=O)O. The molecule has 4 rings (SSSR count). The first-order chi connectivity index (χ1) is 14.1. The van der Waals surface area contributed by atoms with Crippen LogP contribution in [0.5, 0.6) is 0 Å². The van der Waals surface area contributed by atoms with Gasteiger partial charge in [-0.2, -0.15) is 4.98 Å². The summed E-state index contributed by atoms with van der Waals surface area (Å²) >= 11 is 0. The van der Waals surface area contributed by atoms with Gasteiger partial charge in [-0.3, -0.25) is 4.79 Å². The molecule has 0 spiro atoms. The van der Waals surface area contributed by atoms with Crippen LogP contribution >= 0.6 is 0 Å². The number of aromatic nitrogens is 2. The number of carboxylic acids is 1. The van der Waals surface area contributed by atoms with E-state index >= 15 is 0 Å². The molecule has 0 saturated carbocycles. The second-order valence-corrected chi connectivity index (χ2v) is 6.94. The summed E-state index contributed by atoms with van der Waals surface area (Å²) in [6, 6.07) is 10.4. The fraction of sp³-hybridized carbons (Fsp3) is 0.333. The molecule has 0 aliphatic carbocycles. The highest BCUT2D eigenvalue weighted by molar-refractivity contribution is 5.96. The van der Waals surface area contributed by atoms with E-state index in [1.807, 2.05) is 30.3 Å². The molecule has 1 N–H and O–H groups in total. The third-order valence-corrected chi connectivity index (χ3v) is 5.09. The zero-order chi connectivity index (χ0) is 20.4. The number of furan rings is 1. The zero-order valence-corrected chi connectivity index (χ0v) is 16.0. The summed E-state index contributed by atoms with van der Waals surface area (Å²) < 4.78 is 11.0. The Bertz CT molecular complexity index is 1020. The average Bonchev–Trinajstić information content (AvgIpc) is 3.41. The summed E-state index contributed by atoms with van der Waals surface area (Å²) in [7, 11) is 0. The molecule has 3 aromatic rings. The first-order valence-corrected chi connectivity index (χ1v) is 9.64. The summed E-state index contributed by atoms with van der Waals surface area (Å²) in [5, 5.41) is 13.4. The number of piperidine rings is 1. The van der Waals surface area contributed by atoms with Crippen LogP contribution in [0.15, 0.2) is 45.3 Å². The van der Waals surface area contributed by atoms with Crippen LogP contribution in [0, 0.1) is 0 Å². The van der Waals surface area contributed by atoms with Gasteiger partial charge in [0.1, 0.15) is 17.4 Å². The Morgan fingerprint density at radius 3 is 2.72 bits per heavy atom. The minimum absolute atomic E-state index is 0.0218. The molecule has 3 heterocycles. The van der Waals surface area contributed by atoms with Crippen molar-refractivity contribution in [3.8, 4) is 11.4 Å². The van der Waals surface area contributed by atoms with Gasteiger partial charge in [-0.15, -0.1) is 0 Å². The molecule has 0 bridgehead atoms. The normalized spacial score (nSPS) is 16.7. The van der Waals surface area contributed by atoms with E-state index in [1.165, 1.54) is 6.07 Å². The molecule has 2 aromatic heterocycles. The molecular weight excluding hydrogens is 374 g/mol. The molecular formula is C21H21N3O5. The van der Waals surface area contributed by atoms with Crippen molar-refractivity contribution in [2.24, 2.45) is 0 Å². The Morgan fingerprint density at radius 2 is 2.03 bits per heavy atom. The lowest BCUT2D eigenvalue weighted by Gasteiger charge is -2.32. The Labute approximate surface area is 167 Å². The smallest absolute Gasteiger partial charge is 0.339 e. The Hall–Kier alpha value is -3.42. The van der Waals surface area contributed by atoms with Crippen molar-refractivity contribution >= 4 is 11.9 Å². The lowest BCUT2D eigenvalue weighted by atomic mass is 10.0. The number of carboxylic acid groups (broad SMARTS) is 1. The molecule has 1 aromatic carbocycles. The number of carbonyl (C=O) groups excluding carboxylic acids is 1. The van der Waals surface area contributed by atoms with Gasteiger partial charge < -0.3 is 18.9 Å². The quantitative estimate of drug-likeness (QED) is 0.696. The van der Waals surface area contributed by atoms with E-state index in [-0.39, 0.29) is 23.3 Å². The number of benzene rings is 1. The molecule has 29 heavy (non-hydrogen) atoms. The predicted molar refractivity (Wildman–Crippen MR) is 102 cm³/mol. The van der Waals surface area contributed by atoms with Crippen molar-refractivity contribution in [1.82, 2.24) is 15.0 Å². The van der Waals surface area contributed by atoms with Crippen molar-refractivity contribution in [3.05, 3.63) is 59.4 Å². The number of hydrogen-bond acceptors (Lipinski definition) is 6. The van der Waals surface area contributed by atoms with Gasteiger partial charge in [-0.25, -0.2) is 4.79 Å². The van der Waals surface area contributed by atoms with Gasteiger partial charge in [0.2, 0.25) is 11.7 Å². The van der Waals surface area contributed by atoms with Crippen molar-refractivity contribution < 1.29 is 23.6 Å². The number of nitrogens with zero attached hydrogens (tertiary/aromatic N) is 3. The summed E-state index contributed by atoms with van der Waals surface area (Å²) in [5.41, 5.74) is 0.856. The molecule has 8 heteroatoms. The fourth-order valence-electron chi connectivity index (χ4n) is 3.63. The van der Waals surface area contributed by atoms with Crippen molar-refractivity contribution in [3.63, 3.8) is 0 Å². The number of aromatic carboxylic acids is 1. The van der Waals surface area contributed by atoms with Crippen LogP contribution in [0.2, 0.25) is 0 Å². The number of likely N-dealkylation sites (tertiary alicyclic amines) is 1. The number of carbonyl (C=O) groups is 2. The van der Waals surface area contributed by atoms with Crippen LogP contribution in [-0.4, -0.2) is 38.6 Å². The van der Waals surface area contributed by atoms with E-state index in [9.17, 15) is 14.7 Å². The summed E-state index contributed by atoms with van der Waals surface area (Å²) in [4.78, 5) is 30.6. The first kappa shape index (κ1) is 18.9. The van der Waals surface area contributed by atoms with Crippen molar-refractivity contribution in [2.45, 2.75) is 38.6 Å². The van der Waals surface area contributed by atoms with Crippen molar-refractivity contribution in [2.75, 3.05) is 6.54 Å². The number of amides is 1. The van der Waals surface area contributed by atoms with E-state index in [2.05, 4.69) is 10.1 Å². The molecule has 1 aliphatic rings. The molecule has 1 fully saturated rings. The second-order valence-electron chi connectivity index (χ2n) is 6.94. The number of rotatable bonds is 5. The molecule has 8 nitrogen and oxygen atoms in total. The third kappa shape index (κ3) is 3.65. The fourth-order valence-corrected chi connectivity index (χ4v) is 3.63. The minimum atomic E-state index is -1.11. The Morgan fingerprint density at radius 1 is 1.24 bits per heavy atom. The van der Waals surface area contributed by atoms with E-state index in [0.717, 1.165) is 18.4 Å². The van der Waals surface area contributed by atoms with Gasteiger partial charge in [-0.1, -0.05) is 42.4 Å².